The van der Waals surface area contributed by atoms with Crippen molar-refractivity contribution in [3.63, 3.8) is 0 Å². The number of nitrogens with one attached hydrogen (secondary N) is 1. The van der Waals surface area contributed by atoms with Gasteiger partial charge in [0.1, 0.15) is 5.75 Å². The zero-order valence-corrected chi connectivity index (χ0v) is 14.3. The second-order valence-electron chi connectivity index (χ2n) is 5.24. The minimum Gasteiger partial charge on any atom is -0.493 e. The van der Waals surface area contributed by atoms with Crippen LogP contribution in [-0.4, -0.2) is 22.7 Å². The Morgan fingerprint density at radius 3 is 2.21 bits per heavy atom. The van der Waals surface area contributed by atoms with E-state index in [1.807, 2.05) is 0 Å². The van der Waals surface area contributed by atoms with Gasteiger partial charge in [-0.05, 0) is 19.1 Å². The van der Waals surface area contributed by atoms with Crippen LogP contribution in [0.15, 0.2) is 41.5 Å². The molecule has 0 atom stereocenters. The van der Waals surface area contributed by atoms with Gasteiger partial charge < -0.3 is 4.74 Å². The van der Waals surface area contributed by atoms with Crippen molar-refractivity contribution in [2.45, 2.75) is 13.1 Å². The van der Waals surface area contributed by atoms with Gasteiger partial charge in [-0.15, -0.1) is 0 Å². The number of nitrogens with zero attached hydrogens (tertiary/aromatic N) is 3. The number of benzene rings is 2. The third-order valence-corrected chi connectivity index (χ3v) is 3.42. The molecule has 2 rings (SSSR count). The summed E-state index contributed by atoms with van der Waals surface area (Å²) in [6.45, 7) is 2.11. The highest BCUT2D eigenvalue weighted by atomic mass is 19.4. The Kier molecular flexibility index (Phi) is 6.13. The van der Waals surface area contributed by atoms with E-state index < -0.39 is 38.6 Å². The molecule has 0 fully saturated rings. The van der Waals surface area contributed by atoms with Crippen LogP contribution in [0.2, 0.25) is 0 Å². The number of hydrazone groups is 1. The summed E-state index contributed by atoms with van der Waals surface area (Å²) >= 11 is 0. The molecule has 0 bridgehead atoms. The number of alkyl halides is 3. The van der Waals surface area contributed by atoms with Crippen LogP contribution in [0.25, 0.3) is 0 Å². The molecular weight excluding hydrogens is 385 g/mol. The molecule has 2 aromatic rings. The molecule has 28 heavy (non-hydrogen) atoms. The lowest BCUT2D eigenvalue weighted by Crippen LogP contribution is -2.09. The van der Waals surface area contributed by atoms with Crippen molar-refractivity contribution in [3.8, 4) is 5.75 Å². The number of para-hydroxylation sites is 1. The SMILES string of the molecule is CCOc1ccccc1/C=N\Nc1c([N+](=O)[O-])cc(C(F)(F)F)cc1[N+](=O)[O-]. The highest BCUT2D eigenvalue weighted by molar-refractivity contribution is 5.85. The first kappa shape index (κ1) is 20.6. The number of rotatable bonds is 7. The summed E-state index contributed by atoms with van der Waals surface area (Å²) in [4.78, 5) is 20.0. The zero-order chi connectivity index (χ0) is 20.9. The number of ether oxygens (including phenoxy) is 1. The number of nitro groups is 2. The van der Waals surface area contributed by atoms with Crippen LogP contribution in [0.5, 0.6) is 5.75 Å². The molecule has 0 heterocycles. The Morgan fingerprint density at radius 2 is 1.71 bits per heavy atom. The lowest BCUT2D eigenvalue weighted by Gasteiger charge is -2.09. The molecule has 0 aliphatic heterocycles. The van der Waals surface area contributed by atoms with E-state index in [1.54, 1.807) is 31.2 Å². The lowest BCUT2D eigenvalue weighted by molar-refractivity contribution is -0.392. The first-order valence-electron chi connectivity index (χ1n) is 7.70. The van der Waals surface area contributed by atoms with Gasteiger partial charge in [0.15, 0.2) is 0 Å². The van der Waals surface area contributed by atoms with Gasteiger partial charge in [-0.1, -0.05) is 12.1 Å². The van der Waals surface area contributed by atoms with Gasteiger partial charge in [0, 0.05) is 17.7 Å². The molecular formula is C16H13F3N4O5. The maximum absolute atomic E-state index is 12.9. The average Bonchev–Trinajstić information content (AvgIpc) is 2.62. The second-order valence-corrected chi connectivity index (χ2v) is 5.24. The number of nitro benzene ring substituents is 2. The number of hydrogen-bond acceptors (Lipinski definition) is 7. The molecule has 0 aromatic heterocycles. The molecule has 0 saturated heterocycles. The predicted molar refractivity (Wildman–Crippen MR) is 93.6 cm³/mol. The Balaban J connectivity index is 2.47. The van der Waals surface area contributed by atoms with Crippen LogP contribution >= 0.6 is 0 Å². The van der Waals surface area contributed by atoms with E-state index in [9.17, 15) is 33.4 Å². The van der Waals surface area contributed by atoms with Gasteiger partial charge in [0.2, 0.25) is 5.69 Å². The van der Waals surface area contributed by atoms with Gasteiger partial charge in [-0.25, -0.2) is 0 Å². The molecule has 12 heteroatoms. The highest BCUT2D eigenvalue weighted by Crippen LogP contribution is 2.41. The molecule has 0 unspecified atom stereocenters. The third-order valence-electron chi connectivity index (χ3n) is 3.42. The molecule has 9 nitrogen and oxygen atoms in total. The fraction of sp³-hybridized carbons (Fsp3) is 0.188. The summed E-state index contributed by atoms with van der Waals surface area (Å²) in [6, 6.07) is 7.01. The third kappa shape index (κ3) is 4.72. The van der Waals surface area contributed by atoms with Crippen LogP contribution < -0.4 is 10.2 Å². The monoisotopic (exact) mass is 398 g/mol. The standard InChI is InChI=1S/C16H13F3N4O5/c1-2-28-14-6-4-3-5-10(14)9-20-21-15-12(22(24)25)7-11(16(17,18)19)8-13(15)23(26)27/h3-9,21H,2H2,1H3/b20-9-. The van der Waals surface area contributed by atoms with Crippen LogP contribution in [0.4, 0.5) is 30.2 Å². The number of hydrogen-bond donors (Lipinski definition) is 1. The molecule has 148 valence electrons. The van der Waals surface area contributed by atoms with Gasteiger partial charge in [-0.2, -0.15) is 18.3 Å². The van der Waals surface area contributed by atoms with E-state index in [0.29, 0.717) is 17.9 Å². The zero-order valence-electron chi connectivity index (χ0n) is 14.3. The van der Waals surface area contributed by atoms with Crippen molar-refractivity contribution in [2.24, 2.45) is 5.10 Å². The van der Waals surface area contributed by atoms with Crippen molar-refractivity contribution in [3.05, 3.63) is 67.8 Å². The van der Waals surface area contributed by atoms with E-state index >= 15 is 0 Å². The molecule has 0 radical (unpaired) electrons. The van der Waals surface area contributed by atoms with E-state index in [1.165, 1.54) is 6.21 Å². The first-order valence-corrected chi connectivity index (χ1v) is 7.70. The van der Waals surface area contributed by atoms with Crippen molar-refractivity contribution in [1.82, 2.24) is 0 Å². The molecule has 1 N–H and O–H groups in total. The Morgan fingerprint density at radius 1 is 1.14 bits per heavy atom. The summed E-state index contributed by atoms with van der Waals surface area (Å²) in [6.07, 6.45) is -3.82. The predicted octanol–water partition coefficient (Wildman–Crippen LogP) is 4.37. The normalized spacial score (nSPS) is 11.4. The van der Waals surface area contributed by atoms with Gasteiger partial charge >= 0.3 is 17.6 Å². The Bertz CT molecular complexity index is 896. The molecule has 2 aromatic carbocycles. The van der Waals surface area contributed by atoms with E-state index in [2.05, 4.69) is 10.5 Å². The number of halogens is 3. The van der Waals surface area contributed by atoms with E-state index in [0.717, 1.165) is 0 Å². The fourth-order valence-corrected chi connectivity index (χ4v) is 2.22. The van der Waals surface area contributed by atoms with Crippen molar-refractivity contribution >= 4 is 23.3 Å². The molecule has 0 aliphatic carbocycles. The lowest BCUT2D eigenvalue weighted by atomic mass is 10.1. The largest absolute Gasteiger partial charge is 0.493 e. The molecule has 0 amide bonds. The van der Waals surface area contributed by atoms with Crippen LogP contribution in [0.1, 0.15) is 18.1 Å². The summed E-state index contributed by atoms with van der Waals surface area (Å²) in [5, 5.41) is 26.0. The van der Waals surface area contributed by atoms with Gasteiger partial charge in [0.25, 0.3) is 0 Å². The number of anilines is 1. The van der Waals surface area contributed by atoms with Gasteiger partial charge in [0.05, 0.1) is 28.2 Å². The van der Waals surface area contributed by atoms with Crippen molar-refractivity contribution in [1.29, 1.82) is 0 Å². The maximum Gasteiger partial charge on any atom is 0.416 e. The summed E-state index contributed by atoms with van der Waals surface area (Å²) in [7, 11) is 0. The Labute approximate surface area is 155 Å². The topological polar surface area (TPSA) is 120 Å². The fourth-order valence-electron chi connectivity index (χ4n) is 2.22. The van der Waals surface area contributed by atoms with E-state index in [4.69, 9.17) is 4.74 Å². The molecule has 0 saturated carbocycles. The van der Waals surface area contributed by atoms with Crippen LogP contribution in [0, 0.1) is 20.2 Å². The van der Waals surface area contributed by atoms with Gasteiger partial charge in [-0.3, -0.25) is 25.7 Å². The minimum absolute atomic E-state index is 0.207. The maximum atomic E-state index is 12.9. The average molecular weight is 398 g/mol. The quantitative estimate of drug-likeness (QED) is 0.420. The molecule has 0 aliphatic rings. The van der Waals surface area contributed by atoms with Crippen LogP contribution in [0.3, 0.4) is 0 Å². The summed E-state index contributed by atoms with van der Waals surface area (Å²) in [5.74, 6) is 0.437. The molecule has 0 spiro atoms. The van der Waals surface area contributed by atoms with E-state index in [-0.39, 0.29) is 12.1 Å². The highest BCUT2D eigenvalue weighted by Gasteiger charge is 2.37. The van der Waals surface area contributed by atoms with Crippen LogP contribution in [-0.2, 0) is 6.18 Å². The van der Waals surface area contributed by atoms with Crippen molar-refractivity contribution in [2.75, 3.05) is 12.0 Å². The first-order chi connectivity index (χ1) is 13.1. The summed E-state index contributed by atoms with van der Waals surface area (Å²) < 4.78 is 44.0. The second kappa shape index (κ2) is 8.33. The van der Waals surface area contributed by atoms with Crippen molar-refractivity contribution < 1.29 is 27.8 Å². The Hall–Kier alpha value is -3.70. The minimum atomic E-state index is -4.99. The summed E-state index contributed by atoms with van der Waals surface area (Å²) in [5.41, 5.74) is -1.98. The smallest absolute Gasteiger partial charge is 0.416 e.